The number of nitrogens with two attached hydrogens (primary N) is 1. The van der Waals surface area contributed by atoms with Gasteiger partial charge in [-0.1, -0.05) is 6.07 Å². The van der Waals surface area contributed by atoms with Crippen molar-refractivity contribution in [3.63, 3.8) is 0 Å². The third kappa shape index (κ3) is 2.01. The lowest BCUT2D eigenvalue weighted by atomic mass is 10.1. The Hall–Kier alpha value is -0.750. The van der Waals surface area contributed by atoms with Crippen LogP contribution in [0.4, 0.5) is 18.9 Å². The number of rotatable bonds is 1. The van der Waals surface area contributed by atoms with Gasteiger partial charge in [-0.05, 0) is 27.6 Å². The molecule has 0 aliphatic carbocycles. The van der Waals surface area contributed by atoms with Crippen molar-refractivity contribution in [2.75, 3.05) is 5.73 Å². The lowest BCUT2D eigenvalue weighted by Gasteiger charge is -2.14. The van der Waals surface area contributed by atoms with Crippen LogP contribution in [0.2, 0.25) is 0 Å². The summed E-state index contributed by atoms with van der Waals surface area (Å²) in [7, 11) is 0. The number of aliphatic hydroxyl groups excluding tert-OH is 1. The minimum absolute atomic E-state index is 0.159. The van der Waals surface area contributed by atoms with Crippen LogP contribution in [-0.4, -0.2) is 5.11 Å². The number of aliphatic hydroxyl groups is 1. The highest BCUT2D eigenvalue weighted by molar-refractivity contribution is 9.10. The molecule has 0 spiro atoms. The molecule has 78 valence electrons. The van der Waals surface area contributed by atoms with Gasteiger partial charge in [-0.25, -0.2) is 0 Å². The van der Waals surface area contributed by atoms with E-state index < -0.39 is 18.3 Å². The molecule has 0 unspecified atom stereocenters. The molecule has 0 atom stereocenters. The molecule has 0 aliphatic rings. The van der Waals surface area contributed by atoms with Crippen LogP contribution < -0.4 is 5.73 Å². The Morgan fingerprint density at radius 2 is 1.93 bits per heavy atom. The first-order valence-corrected chi connectivity index (χ1v) is 4.42. The molecule has 0 saturated carbocycles. The fourth-order valence-electron chi connectivity index (χ4n) is 1.04. The van der Waals surface area contributed by atoms with Gasteiger partial charge in [0, 0.05) is 10.2 Å². The quantitative estimate of drug-likeness (QED) is 0.770. The van der Waals surface area contributed by atoms with E-state index in [1.807, 2.05) is 0 Å². The number of hydrogen-bond acceptors (Lipinski definition) is 2. The SMILES string of the molecule is Nc1ccc(CO)c(Br)c1C(F)(F)F. The van der Waals surface area contributed by atoms with E-state index in [4.69, 9.17) is 10.8 Å². The van der Waals surface area contributed by atoms with Gasteiger partial charge >= 0.3 is 6.18 Å². The van der Waals surface area contributed by atoms with Gasteiger partial charge in [-0.2, -0.15) is 13.2 Å². The van der Waals surface area contributed by atoms with Gasteiger partial charge in [0.15, 0.2) is 0 Å². The van der Waals surface area contributed by atoms with Crippen LogP contribution >= 0.6 is 15.9 Å². The van der Waals surface area contributed by atoms with E-state index in [1.54, 1.807) is 0 Å². The average Bonchev–Trinajstić information content (AvgIpc) is 2.02. The average molecular weight is 270 g/mol. The zero-order valence-electron chi connectivity index (χ0n) is 6.90. The zero-order chi connectivity index (χ0) is 10.9. The second-order valence-corrected chi connectivity index (χ2v) is 3.45. The van der Waals surface area contributed by atoms with E-state index in [2.05, 4.69) is 15.9 Å². The van der Waals surface area contributed by atoms with Gasteiger partial charge in [0.1, 0.15) is 0 Å². The number of alkyl halides is 3. The molecule has 14 heavy (non-hydrogen) atoms. The number of nitrogen functional groups attached to an aromatic ring is 1. The van der Waals surface area contributed by atoms with Crippen LogP contribution in [0.1, 0.15) is 11.1 Å². The first kappa shape index (κ1) is 11.3. The molecular formula is C8H7BrF3NO. The lowest BCUT2D eigenvalue weighted by Crippen LogP contribution is -2.11. The second-order valence-electron chi connectivity index (χ2n) is 2.66. The van der Waals surface area contributed by atoms with Crippen molar-refractivity contribution >= 4 is 21.6 Å². The minimum atomic E-state index is -4.52. The summed E-state index contributed by atoms with van der Waals surface area (Å²) >= 11 is 2.77. The van der Waals surface area contributed by atoms with Gasteiger partial charge in [0.2, 0.25) is 0 Å². The van der Waals surface area contributed by atoms with E-state index in [9.17, 15) is 13.2 Å². The van der Waals surface area contributed by atoms with Crippen molar-refractivity contribution in [2.45, 2.75) is 12.8 Å². The predicted molar refractivity (Wildman–Crippen MR) is 49.5 cm³/mol. The Balaban J connectivity index is 3.40. The van der Waals surface area contributed by atoms with Crippen LogP contribution in [0.25, 0.3) is 0 Å². The van der Waals surface area contributed by atoms with Gasteiger partial charge in [-0.15, -0.1) is 0 Å². The molecule has 6 heteroatoms. The lowest BCUT2D eigenvalue weighted by molar-refractivity contribution is -0.137. The molecule has 0 aliphatic heterocycles. The van der Waals surface area contributed by atoms with E-state index in [0.29, 0.717) is 0 Å². The normalized spacial score (nSPS) is 11.8. The van der Waals surface area contributed by atoms with Crippen molar-refractivity contribution in [1.82, 2.24) is 0 Å². The van der Waals surface area contributed by atoms with Crippen LogP contribution in [0.5, 0.6) is 0 Å². The topological polar surface area (TPSA) is 46.2 Å². The highest BCUT2D eigenvalue weighted by Crippen LogP contribution is 2.40. The van der Waals surface area contributed by atoms with Crippen LogP contribution in [-0.2, 0) is 12.8 Å². The van der Waals surface area contributed by atoms with Crippen LogP contribution in [0, 0.1) is 0 Å². The Morgan fingerprint density at radius 1 is 1.36 bits per heavy atom. The molecule has 0 fully saturated rings. The molecule has 3 N–H and O–H groups in total. The fourth-order valence-corrected chi connectivity index (χ4v) is 1.76. The summed E-state index contributed by atoms with van der Waals surface area (Å²) < 4.78 is 37.1. The summed E-state index contributed by atoms with van der Waals surface area (Å²) in [5.74, 6) is 0. The molecule has 1 rings (SSSR count). The third-order valence-electron chi connectivity index (χ3n) is 1.71. The Morgan fingerprint density at radius 3 is 2.36 bits per heavy atom. The minimum Gasteiger partial charge on any atom is -0.398 e. The molecule has 0 amide bonds. The van der Waals surface area contributed by atoms with Crippen molar-refractivity contribution < 1.29 is 18.3 Å². The monoisotopic (exact) mass is 269 g/mol. The fraction of sp³-hybridized carbons (Fsp3) is 0.250. The molecule has 1 aromatic carbocycles. The van der Waals surface area contributed by atoms with E-state index in [-0.39, 0.29) is 15.7 Å². The largest absolute Gasteiger partial charge is 0.419 e. The van der Waals surface area contributed by atoms with Crippen molar-refractivity contribution in [2.24, 2.45) is 0 Å². The molecule has 0 bridgehead atoms. The molecular weight excluding hydrogens is 263 g/mol. The summed E-state index contributed by atoms with van der Waals surface area (Å²) in [6.45, 7) is -0.468. The highest BCUT2D eigenvalue weighted by atomic mass is 79.9. The first-order valence-electron chi connectivity index (χ1n) is 3.63. The molecule has 0 radical (unpaired) electrons. The van der Waals surface area contributed by atoms with Crippen molar-refractivity contribution in [3.05, 3.63) is 27.7 Å². The zero-order valence-corrected chi connectivity index (χ0v) is 8.48. The van der Waals surface area contributed by atoms with Gasteiger partial charge in [-0.3, -0.25) is 0 Å². The van der Waals surface area contributed by atoms with E-state index >= 15 is 0 Å². The Kier molecular flexibility index (Phi) is 3.06. The van der Waals surface area contributed by atoms with Crippen molar-refractivity contribution in [3.8, 4) is 0 Å². The second kappa shape index (κ2) is 3.78. The summed E-state index contributed by atoms with van der Waals surface area (Å²) in [6.07, 6.45) is -4.52. The predicted octanol–water partition coefficient (Wildman–Crippen LogP) is 2.54. The summed E-state index contributed by atoms with van der Waals surface area (Å²) in [6, 6.07) is 2.47. The maximum absolute atomic E-state index is 12.4. The van der Waals surface area contributed by atoms with E-state index in [1.165, 1.54) is 6.07 Å². The summed E-state index contributed by atoms with van der Waals surface area (Å²) in [5, 5.41) is 8.76. The smallest absolute Gasteiger partial charge is 0.398 e. The summed E-state index contributed by atoms with van der Waals surface area (Å²) in [5.41, 5.74) is 4.06. The molecule has 0 aromatic heterocycles. The van der Waals surface area contributed by atoms with Gasteiger partial charge < -0.3 is 10.8 Å². The third-order valence-corrected chi connectivity index (χ3v) is 2.61. The number of benzene rings is 1. The molecule has 1 aromatic rings. The molecule has 2 nitrogen and oxygen atoms in total. The Labute approximate surface area is 86.7 Å². The summed E-state index contributed by atoms with van der Waals surface area (Å²) in [4.78, 5) is 0. The number of anilines is 1. The van der Waals surface area contributed by atoms with Crippen molar-refractivity contribution in [1.29, 1.82) is 0 Å². The standard InChI is InChI=1S/C8H7BrF3NO/c9-7-4(3-14)1-2-5(13)6(7)8(10,11)12/h1-2,14H,3,13H2. The number of halogens is 4. The Bertz CT molecular complexity index is 351. The highest BCUT2D eigenvalue weighted by Gasteiger charge is 2.36. The van der Waals surface area contributed by atoms with Crippen LogP contribution in [0.3, 0.4) is 0 Å². The van der Waals surface area contributed by atoms with E-state index in [0.717, 1.165) is 6.07 Å². The number of hydrogen-bond donors (Lipinski definition) is 2. The molecule has 0 saturated heterocycles. The van der Waals surface area contributed by atoms with Gasteiger partial charge in [0.25, 0.3) is 0 Å². The van der Waals surface area contributed by atoms with Gasteiger partial charge in [0.05, 0.1) is 12.2 Å². The first-order chi connectivity index (χ1) is 6.38. The van der Waals surface area contributed by atoms with Crippen LogP contribution in [0.15, 0.2) is 16.6 Å². The maximum Gasteiger partial charge on any atom is 0.419 e. The molecule has 0 heterocycles. The maximum atomic E-state index is 12.4.